The Labute approximate surface area is 187 Å². The zero-order valence-electron chi connectivity index (χ0n) is 19.0. The second-order valence-corrected chi connectivity index (χ2v) is 9.89. The molecule has 1 saturated carbocycles. The quantitative estimate of drug-likeness (QED) is 0.551. The summed E-state index contributed by atoms with van der Waals surface area (Å²) in [6, 6.07) is 2.95. The summed E-state index contributed by atoms with van der Waals surface area (Å²) in [5.74, 6) is -0.718. The van der Waals surface area contributed by atoms with Crippen molar-refractivity contribution >= 4 is 11.6 Å². The van der Waals surface area contributed by atoms with Crippen LogP contribution in [0.3, 0.4) is 0 Å². The number of methoxy groups -OCH3 is 1. The van der Waals surface area contributed by atoms with Crippen LogP contribution in [0.4, 0.5) is 0 Å². The van der Waals surface area contributed by atoms with Gasteiger partial charge in [-0.2, -0.15) is 0 Å². The van der Waals surface area contributed by atoms with Crippen molar-refractivity contribution in [2.24, 2.45) is 11.8 Å². The van der Waals surface area contributed by atoms with Gasteiger partial charge >= 0.3 is 0 Å². The highest BCUT2D eigenvalue weighted by molar-refractivity contribution is 6.18. The second-order valence-electron chi connectivity index (χ2n) is 9.89. The SMILES string of the molecule is COCOc1cc(O)c2c(c1)OC13C(=CC4CC1C(C)(C)OC3(CC=C(C)C)C4=O)C2=O. The Balaban J connectivity index is 1.74. The zero-order chi connectivity index (χ0) is 23.1. The molecule has 4 bridgehead atoms. The van der Waals surface area contributed by atoms with Gasteiger partial charge in [-0.3, -0.25) is 9.59 Å². The largest absolute Gasteiger partial charge is 0.507 e. The van der Waals surface area contributed by atoms with Crippen LogP contribution in [0.1, 0.15) is 50.9 Å². The lowest BCUT2D eigenvalue weighted by Gasteiger charge is -2.56. The van der Waals surface area contributed by atoms with Gasteiger partial charge in [0.15, 0.2) is 29.6 Å². The van der Waals surface area contributed by atoms with Gasteiger partial charge in [-0.15, -0.1) is 0 Å². The van der Waals surface area contributed by atoms with E-state index in [1.807, 2.05) is 33.8 Å². The van der Waals surface area contributed by atoms with Crippen LogP contribution in [0.15, 0.2) is 35.4 Å². The number of ether oxygens (including phenoxy) is 4. The van der Waals surface area contributed by atoms with E-state index in [1.165, 1.54) is 13.2 Å². The monoisotopic (exact) mass is 440 g/mol. The summed E-state index contributed by atoms with van der Waals surface area (Å²) in [5, 5.41) is 10.7. The van der Waals surface area contributed by atoms with Gasteiger partial charge in [0.05, 0.1) is 5.60 Å². The molecular formula is C25H28O7. The van der Waals surface area contributed by atoms with Crippen LogP contribution >= 0.6 is 0 Å². The lowest BCUT2D eigenvalue weighted by atomic mass is 9.51. The smallest absolute Gasteiger partial charge is 0.200 e. The topological polar surface area (TPSA) is 91.3 Å². The zero-order valence-corrected chi connectivity index (χ0v) is 19.0. The van der Waals surface area contributed by atoms with Crippen LogP contribution in [-0.2, 0) is 14.3 Å². The molecule has 2 heterocycles. The van der Waals surface area contributed by atoms with Crippen LogP contribution in [0, 0.1) is 11.8 Å². The molecule has 7 heteroatoms. The number of hydrogen-bond donors (Lipinski definition) is 1. The van der Waals surface area contributed by atoms with Gasteiger partial charge in [0.2, 0.25) is 0 Å². The van der Waals surface area contributed by atoms with Crippen molar-refractivity contribution in [3.8, 4) is 17.2 Å². The van der Waals surface area contributed by atoms with Gasteiger partial charge in [-0.25, -0.2) is 0 Å². The molecule has 4 atom stereocenters. The highest BCUT2D eigenvalue weighted by Crippen LogP contribution is 2.67. The van der Waals surface area contributed by atoms with E-state index in [9.17, 15) is 14.7 Å². The Hall–Kier alpha value is -2.64. The van der Waals surface area contributed by atoms with Crippen LogP contribution in [-0.4, -0.2) is 47.4 Å². The molecule has 1 aromatic rings. The number of phenols is 1. The van der Waals surface area contributed by atoms with Crippen molar-refractivity contribution in [3.63, 3.8) is 0 Å². The van der Waals surface area contributed by atoms with Crippen LogP contribution in [0.25, 0.3) is 0 Å². The molecule has 1 spiro atoms. The first-order chi connectivity index (χ1) is 15.1. The van der Waals surface area contributed by atoms with Crippen molar-refractivity contribution < 1.29 is 33.6 Å². The van der Waals surface area contributed by atoms with E-state index in [-0.39, 0.29) is 41.3 Å². The Morgan fingerprint density at radius 3 is 2.72 bits per heavy atom. The molecule has 4 unspecified atom stereocenters. The fraction of sp³-hybridized carbons (Fsp3) is 0.520. The maximum Gasteiger partial charge on any atom is 0.200 e. The molecule has 0 aromatic heterocycles. The first-order valence-electron chi connectivity index (χ1n) is 10.9. The number of benzene rings is 1. The molecule has 0 amide bonds. The predicted molar refractivity (Wildman–Crippen MR) is 115 cm³/mol. The molecule has 32 heavy (non-hydrogen) atoms. The van der Waals surface area contributed by atoms with Gasteiger partial charge in [-0.1, -0.05) is 17.7 Å². The molecule has 2 aliphatic heterocycles. The fourth-order valence-corrected chi connectivity index (χ4v) is 6.08. The lowest BCUT2D eigenvalue weighted by Crippen LogP contribution is -2.72. The van der Waals surface area contributed by atoms with Crippen molar-refractivity contribution in [1.29, 1.82) is 0 Å². The highest BCUT2D eigenvalue weighted by Gasteiger charge is 2.81. The number of allylic oxidation sites excluding steroid dienone is 2. The summed E-state index contributed by atoms with van der Waals surface area (Å²) in [4.78, 5) is 27.5. The molecule has 3 aliphatic carbocycles. The maximum absolute atomic E-state index is 13.7. The van der Waals surface area contributed by atoms with Gasteiger partial charge < -0.3 is 24.1 Å². The molecule has 6 rings (SSSR count). The third-order valence-electron chi connectivity index (χ3n) is 7.30. The van der Waals surface area contributed by atoms with E-state index in [2.05, 4.69) is 0 Å². The summed E-state index contributed by atoms with van der Waals surface area (Å²) >= 11 is 0. The number of hydrogen-bond acceptors (Lipinski definition) is 7. The molecule has 2 fully saturated rings. The first-order valence-corrected chi connectivity index (χ1v) is 10.9. The van der Waals surface area contributed by atoms with Crippen LogP contribution < -0.4 is 9.47 Å². The van der Waals surface area contributed by atoms with E-state index in [4.69, 9.17) is 18.9 Å². The number of ketones is 2. The molecule has 1 N–H and O–H groups in total. The van der Waals surface area contributed by atoms with Crippen molar-refractivity contribution in [2.45, 2.75) is 57.3 Å². The number of carbonyl (C=O) groups is 2. The van der Waals surface area contributed by atoms with E-state index in [0.717, 1.165) is 5.57 Å². The fourth-order valence-electron chi connectivity index (χ4n) is 6.08. The molecule has 170 valence electrons. The van der Waals surface area contributed by atoms with E-state index in [0.29, 0.717) is 24.2 Å². The summed E-state index contributed by atoms with van der Waals surface area (Å²) in [5.41, 5.74) is -1.69. The predicted octanol–water partition coefficient (Wildman–Crippen LogP) is 3.74. The van der Waals surface area contributed by atoms with Gasteiger partial charge in [0, 0.05) is 43.1 Å². The van der Waals surface area contributed by atoms with Crippen molar-refractivity contribution in [2.75, 3.05) is 13.9 Å². The lowest BCUT2D eigenvalue weighted by molar-refractivity contribution is -0.171. The van der Waals surface area contributed by atoms with E-state index >= 15 is 0 Å². The minimum absolute atomic E-state index is 0.0219. The van der Waals surface area contributed by atoms with Crippen molar-refractivity contribution in [1.82, 2.24) is 0 Å². The first kappa shape index (κ1) is 21.2. The summed E-state index contributed by atoms with van der Waals surface area (Å²) in [6.07, 6.45) is 4.59. The van der Waals surface area contributed by atoms with Crippen molar-refractivity contribution in [3.05, 3.63) is 41.0 Å². The number of Topliss-reactive ketones (excluding diaryl/α,β-unsaturated/α-hetero) is 2. The normalized spacial score (nSPS) is 33.2. The molecule has 1 saturated heterocycles. The van der Waals surface area contributed by atoms with Gasteiger partial charge in [0.1, 0.15) is 22.8 Å². The minimum atomic E-state index is -1.31. The van der Waals surface area contributed by atoms with Crippen LogP contribution in [0.2, 0.25) is 0 Å². The summed E-state index contributed by atoms with van der Waals surface area (Å²) in [6.45, 7) is 7.83. The van der Waals surface area contributed by atoms with E-state index < -0.39 is 22.7 Å². The van der Waals surface area contributed by atoms with Gasteiger partial charge in [-0.05, 0) is 34.1 Å². The Kier molecular flexibility index (Phi) is 4.43. The third-order valence-corrected chi connectivity index (χ3v) is 7.30. The number of fused-ring (bicyclic) bond motifs is 1. The molecule has 0 radical (unpaired) electrons. The average molecular weight is 440 g/mol. The van der Waals surface area contributed by atoms with Crippen LogP contribution in [0.5, 0.6) is 17.2 Å². The second kappa shape index (κ2) is 6.68. The number of rotatable bonds is 5. The highest BCUT2D eigenvalue weighted by atomic mass is 16.7. The van der Waals surface area contributed by atoms with Gasteiger partial charge in [0.25, 0.3) is 0 Å². The van der Waals surface area contributed by atoms with E-state index in [1.54, 1.807) is 12.1 Å². The third kappa shape index (κ3) is 2.49. The molecule has 1 aromatic carbocycles. The number of aromatic hydroxyl groups is 1. The number of carbonyl (C=O) groups excluding carboxylic acids is 2. The molecule has 7 nitrogen and oxygen atoms in total. The average Bonchev–Trinajstić information content (AvgIpc) is 2.87. The minimum Gasteiger partial charge on any atom is -0.507 e. The Morgan fingerprint density at radius 2 is 2.03 bits per heavy atom. The standard InChI is InChI=1S/C25H28O7/c1-13(2)6-7-24-22(28)14-8-16-21(27)20-17(26)10-15(30-12-29-5)11-18(20)31-25(16,24)19(9-14)23(3,4)32-24/h6,8,10-11,14,19,26H,7,9,12H2,1-5H3. The molecule has 5 aliphatic rings. The summed E-state index contributed by atoms with van der Waals surface area (Å²) < 4.78 is 23.7. The molecular weight excluding hydrogens is 412 g/mol. The Bertz CT molecular complexity index is 1090. The Morgan fingerprint density at radius 1 is 1.28 bits per heavy atom. The number of phenolic OH excluding ortho intramolecular Hbond substituents is 1. The maximum atomic E-state index is 13.7. The summed E-state index contributed by atoms with van der Waals surface area (Å²) in [7, 11) is 1.49.